The van der Waals surface area contributed by atoms with Gasteiger partial charge in [-0.15, -0.1) is 0 Å². The highest BCUT2D eigenvalue weighted by Crippen LogP contribution is 2.28. The number of rotatable bonds is 2. The molecule has 9 nitrogen and oxygen atoms in total. The number of amides is 1. The van der Waals surface area contributed by atoms with Crippen molar-refractivity contribution in [2.75, 3.05) is 6.54 Å². The van der Waals surface area contributed by atoms with E-state index in [1.54, 1.807) is 45.4 Å². The molecule has 5 rings (SSSR count). The van der Waals surface area contributed by atoms with Crippen LogP contribution in [0.15, 0.2) is 41.7 Å². The minimum Gasteiger partial charge on any atom is -0.444 e. The van der Waals surface area contributed by atoms with Gasteiger partial charge in [-0.3, -0.25) is 4.79 Å². The van der Waals surface area contributed by atoms with Crippen LogP contribution in [0.4, 0.5) is 9.18 Å². The van der Waals surface area contributed by atoms with E-state index in [1.165, 1.54) is 12.3 Å². The van der Waals surface area contributed by atoms with E-state index in [2.05, 4.69) is 15.0 Å². The lowest BCUT2D eigenvalue weighted by molar-refractivity contribution is 0.00773. The number of ether oxygens (including phenoxy) is 1. The summed E-state index contributed by atoms with van der Waals surface area (Å²) in [6.07, 6.45) is 7.63. The number of nitrogens with zero attached hydrogens (tertiary/aromatic N) is 6. The molecular weight excluding hydrogens is 463 g/mol. The standard InChI is InChI=1S/C26H29FN6O3/c1-15-13-31-14-17(11-20(27)23(31)29-15)22-28-12-19-21(30-22)7-9-33(24(19)34)18-6-8-32(16(2)10-18)25(35)36-26(3,4)5/h7,9,11-14,16,18H,6,8,10H2,1-5H3/t16-,18+/m0/s1. The number of carbonyl (C=O) groups excluding carboxylic acids is 1. The van der Waals surface area contributed by atoms with Gasteiger partial charge in [-0.05, 0) is 59.6 Å². The number of imidazole rings is 1. The van der Waals surface area contributed by atoms with Crippen molar-refractivity contribution in [1.82, 2.24) is 28.8 Å². The molecule has 0 saturated carbocycles. The molecule has 1 fully saturated rings. The van der Waals surface area contributed by atoms with Crippen LogP contribution in [0.5, 0.6) is 0 Å². The van der Waals surface area contributed by atoms with E-state index in [9.17, 15) is 14.0 Å². The van der Waals surface area contributed by atoms with Gasteiger partial charge in [0, 0.05) is 49.0 Å². The van der Waals surface area contributed by atoms with E-state index in [-0.39, 0.29) is 29.4 Å². The average Bonchev–Trinajstić information content (AvgIpc) is 3.18. The second kappa shape index (κ2) is 8.69. The maximum absolute atomic E-state index is 14.5. The third-order valence-corrected chi connectivity index (χ3v) is 6.43. The van der Waals surface area contributed by atoms with E-state index >= 15 is 0 Å². The van der Waals surface area contributed by atoms with Crippen LogP contribution < -0.4 is 5.56 Å². The first kappa shape index (κ1) is 23.9. The molecule has 0 N–H and O–H groups in total. The van der Waals surface area contributed by atoms with Gasteiger partial charge in [0.2, 0.25) is 0 Å². The van der Waals surface area contributed by atoms with Crippen molar-refractivity contribution in [1.29, 1.82) is 0 Å². The Morgan fingerprint density at radius 3 is 2.72 bits per heavy atom. The van der Waals surface area contributed by atoms with Gasteiger partial charge >= 0.3 is 6.09 Å². The summed E-state index contributed by atoms with van der Waals surface area (Å²) in [6.45, 7) is 9.80. The maximum atomic E-state index is 14.5. The highest BCUT2D eigenvalue weighted by Gasteiger charge is 2.33. The predicted molar refractivity (Wildman–Crippen MR) is 133 cm³/mol. The largest absolute Gasteiger partial charge is 0.444 e. The molecule has 0 aromatic carbocycles. The van der Waals surface area contributed by atoms with E-state index < -0.39 is 11.4 Å². The topological polar surface area (TPSA) is 94.6 Å². The van der Waals surface area contributed by atoms with Gasteiger partial charge in [-0.2, -0.15) is 0 Å². The van der Waals surface area contributed by atoms with Crippen molar-refractivity contribution in [3.63, 3.8) is 0 Å². The minimum absolute atomic E-state index is 0.0590. The molecule has 2 atom stereocenters. The van der Waals surface area contributed by atoms with E-state index in [0.717, 1.165) is 0 Å². The van der Waals surface area contributed by atoms with Crippen LogP contribution in [-0.4, -0.2) is 53.1 Å². The smallest absolute Gasteiger partial charge is 0.410 e. The van der Waals surface area contributed by atoms with Crippen molar-refractivity contribution >= 4 is 22.6 Å². The van der Waals surface area contributed by atoms with Gasteiger partial charge in [0.1, 0.15) is 5.60 Å². The average molecular weight is 493 g/mol. The summed E-state index contributed by atoms with van der Waals surface area (Å²) in [5.74, 6) is -0.141. The second-order valence-corrected chi connectivity index (χ2v) is 10.4. The maximum Gasteiger partial charge on any atom is 0.410 e. The van der Waals surface area contributed by atoms with Crippen LogP contribution in [0.3, 0.4) is 0 Å². The minimum atomic E-state index is -0.559. The Hall–Kier alpha value is -3.82. The number of aryl methyl sites for hydroxylation is 1. The normalized spacial score (nSPS) is 18.7. The number of hydrogen-bond acceptors (Lipinski definition) is 6. The van der Waals surface area contributed by atoms with Crippen molar-refractivity contribution in [2.45, 2.75) is 65.1 Å². The van der Waals surface area contributed by atoms with Gasteiger partial charge in [-0.25, -0.2) is 24.1 Å². The first-order valence-electron chi connectivity index (χ1n) is 12.0. The first-order valence-corrected chi connectivity index (χ1v) is 12.0. The summed E-state index contributed by atoms with van der Waals surface area (Å²) < 4.78 is 23.4. The molecule has 1 aliphatic heterocycles. The van der Waals surface area contributed by atoms with E-state index in [4.69, 9.17) is 4.74 Å². The Bertz CT molecular complexity index is 1540. The Labute approximate surface area is 207 Å². The van der Waals surface area contributed by atoms with Gasteiger partial charge in [0.15, 0.2) is 17.3 Å². The third-order valence-electron chi connectivity index (χ3n) is 6.43. The van der Waals surface area contributed by atoms with Crippen LogP contribution in [0.25, 0.3) is 27.9 Å². The summed E-state index contributed by atoms with van der Waals surface area (Å²) in [5.41, 5.74) is 1.18. The molecule has 188 valence electrons. The van der Waals surface area contributed by atoms with Crippen LogP contribution in [0, 0.1) is 12.7 Å². The predicted octanol–water partition coefficient (Wildman–Crippen LogP) is 4.51. The molecule has 10 heteroatoms. The molecule has 0 unspecified atom stereocenters. The second-order valence-electron chi connectivity index (χ2n) is 10.4. The fourth-order valence-electron chi connectivity index (χ4n) is 4.76. The summed E-state index contributed by atoms with van der Waals surface area (Å²) in [5, 5.41) is 0.392. The van der Waals surface area contributed by atoms with Crippen molar-refractivity contribution in [3.8, 4) is 11.4 Å². The third kappa shape index (κ3) is 4.43. The quantitative estimate of drug-likeness (QED) is 0.409. The Kier molecular flexibility index (Phi) is 5.77. The number of halogens is 1. The van der Waals surface area contributed by atoms with Crippen molar-refractivity contribution in [3.05, 3.63) is 58.8 Å². The van der Waals surface area contributed by atoms with Crippen LogP contribution in [0.1, 0.15) is 52.3 Å². The molecule has 4 aromatic rings. The van der Waals surface area contributed by atoms with E-state index in [0.29, 0.717) is 47.4 Å². The molecule has 0 radical (unpaired) electrons. The Balaban J connectivity index is 1.41. The molecule has 4 aromatic heterocycles. The zero-order valence-electron chi connectivity index (χ0n) is 21.0. The lowest BCUT2D eigenvalue weighted by Crippen LogP contribution is -2.47. The Morgan fingerprint density at radius 2 is 2.00 bits per heavy atom. The number of carbonyl (C=O) groups is 1. The molecule has 1 aliphatic rings. The molecule has 0 bridgehead atoms. The van der Waals surface area contributed by atoms with Crippen molar-refractivity contribution < 1.29 is 13.9 Å². The van der Waals surface area contributed by atoms with Crippen LogP contribution in [0.2, 0.25) is 0 Å². The number of piperidine rings is 1. The lowest BCUT2D eigenvalue weighted by Gasteiger charge is -2.38. The highest BCUT2D eigenvalue weighted by atomic mass is 19.1. The van der Waals surface area contributed by atoms with Crippen LogP contribution in [-0.2, 0) is 4.74 Å². The molecular formula is C26H29FN6O3. The highest BCUT2D eigenvalue weighted by molar-refractivity contribution is 5.78. The van der Waals surface area contributed by atoms with Gasteiger partial charge in [-0.1, -0.05) is 0 Å². The molecule has 36 heavy (non-hydrogen) atoms. The fraction of sp³-hybridized carbons (Fsp3) is 0.423. The van der Waals surface area contributed by atoms with Gasteiger partial charge in [0.05, 0.1) is 16.6 Å². The SMILES string of the molecule is Cc1cn2cc(-c3ncc4c(=O)n([C@@H]5CCN(C(=O)OC(C)(C)C)[C@@H](C)C5)ccc4n3)cc(F)c2n1. The zero-order chi connectivity index (χ0) is 25.8. The number of hydrogen-bond donors (Lipinski definition) is 0. The first-order chi connectivity index (χ1) is 17.0. The monoisotopic (exact) mass is 492 g/mol. The summed E-state index contributed by atoms with van der Waals surface area (Å²) in [7, 11) is 0. The molecule has 5 heterocycles. The number of fused-ring (bicyclic) bond motifs is 2. The summed E-state index contributed by atoms with van der Waals surface area (Å²) in [6, 6.07) is 3.00. The van der Waals surface area contributed by atoms with Crippen molar-refractivity contribution in [2.24, 2.45) is 0 Å². The lowest BCUT2D eigenvalue weighted by atomic mass is 9.98. The zero-order valence-corrected chi connectivity index (χ0v) is 21.0. The Morgan fingerprint density at radius 1 is 1.22 bits per heavy atom. The molecule has 1 saturated heterocycles. The van der Waals surface area contributed by atoms with Crippen LogP contribution >= 0.6 is 0 Å². The molecule has 1 amide bonds. The molecule has 0 spiro atoms. The molecule has 0 aliphatic carbocycles. The van der Waals surface area contributed by atoms with Gasteiger partial charge < -0.3 is 18.6 Å². The van der Waals surface area contributed by atoms with E-state index in [1.807, 2.05) is 27.7 Å². The fourth-order valence-corrected chi connectivity index (χ4v) is 4.76. The number of likely N-dealkylation sites (tertiary alicyclic amines) is 1. The van der Waals surface area contributed by atoms with Gasteiger partial charge in [0.25, 0.3) is 5.56 Å². The number of aromatic nitrogens is 5. The summed E-state index contributed by atoms with van der Waals surface area (Å²) >= 11 is 0. The number of pyridine rings is 2. The summed E-state index contributed by atoms with van der Waals surface area (Å²) in [4.78, 5) is 40.7.